The van der Waals surface area contributed by atoms with Crippen molar-refractivity contribution in [2.45, 2.75) is 44.2 Å². The second kappa shape index (κ2) is 6.64. The fourth-order valence-electron chi connectivity index (χ4n) is 2.95. The first-order chi connectivity index (χ1) is 10.2. The van der Waals surface area contributed by atoms with Crippen molar-refractivity contribution >= 4 is 22.0 Å². The van der Waals surface area contributed by atoms with Gasteiger partial charge in [0.2, 0.25) is 5.88 Å². The molecule has 3 rings (SSSR count). The van der Waals surface area contributed by atoms with Gasteiger partial charge in [-0.15, -0.1) is 0 Å². The molecule has 1 N–H and O–H groups in total. The highest BCUT2D eigenvalue weighted by molar-refractivity contribution is 9.10. The lowest BCUT2D eigenvalue weighted by molar-refractivity contribution is 0.181. The van der Waals surface area contributed by atoms with E-state index >= 15 is 0 Å². The number of rotatable bonds is 3. The second-order valence-electron chi connectivity index (χ2n) is 5.72. The third-order valence-electron chi connectivity index (χ3n) is 4.10. The van der Waals surface area contributed by atoms with Crippen LogP contribution in [-0.4, -0.2) is 41.2 Å². The summed E-state index contributed by atoms with van der Waals surface area (Å²) in [5.41, 5.74) is 0. The summed E-state index contributed by atoms with van der Waals surface area (Å²) in [4.78, 5) is 18.2. The summed E-state index contributed by atoms with van der Waals surface area (Å²) >= 11 is 3.35. The Bertz CT molecular complexity index is 488. The molecule has 2 aliphatic rings. The number of halogens is 1. The number of ether oxygens (including phenoxy) is 1. The van der Waals surface area contributed by atoms with Crippen LogP contribution in [0.2, 0.25) is 0 Å². The number of hydrogen-bond acceptors (Lipinski definition) is 3. The molecular weight excluding hydrogens is 334 g/mol. The molecule has 2 fully saturated rings. The Kier molecular flexibility index (Phi) is 4.63. The first-order valence-corrected chi connectivity index (χ1v) is 8.33. The molecule has 6 heteroatoms. The number of carbonyl (C=O) groups excluding carboxylic acids is 1. The predicted octanol–water partition coefficient (Wildman–Crippen LogP) is 2.95. The van der Waals surface area contributed by atoms with E-state index in [9.17, 15) is 4.79 Å². The van der Waals surface area contributed by atoms with Gasteiger partial charge in [-0.1, -0.05) is 12.8 Å². The zero-order valence-corrected chi connectivity index (χ0v) is 13.5. The number of urea groups is 1. The average molecular weight is 354 g/mol. The molecule has 0 spiro atoms. The Balaban J connectivity index is 1.48. The Morgan fingerprint density at radius 3 is 2.86 bits per heavy atom. The summed E-state index contributed by atoms with van der Waals surface area (Å²) in [6.45, 7) is 1.38. The van der Waals surface area contributed by atoms with Gasteiger partial charge < -0.3 is 15.0 Å². The van der Waals surface area contributed by atoms with Crippen molar-refractivity contribution in [2.24, 2.45) is 0 Å². The third-order valence-corrected chi connectivity index (χ3v) is 4.57. The third kappa shape index (κ3) is 3.87. The second-order valence-corrected chi connectivity index (χ2v) is 6.64. The van der Waals surface area contributed by atoms with Crippen LogP contribution < -0.4 is 10.1 Å². The largest absolute Gasteiger partial charge is 0.472 e. The van der Waals surface area contributed by atoms with E-state index in [0.717, 1.165) is 30.3 Å². The molecule has 1 saturated heterocycles. The average Bonchev–Trinajstić information content (AvgIpc) is 3.13. The Hall–Kier alpha value is -1.30. The minimum absolute atomic E-state index is 0.0352. The van der Waals surface area contributed by atoms with Gasteiger partial charge in [-0.05, 0) is 34.8 Å². The van der Waals surface area contributed by atoms with Crippen molar-refractivity contribution in [3.8, 4) is 5.88 Å². The molecule has 0 bridgehead atoms. The molecule has 2 amide bonds. The van der Waals surface area contributed by atoms with E-state index in [4.69, 9.17) is 4.74 Å². The minimum atomic E-state index is 0.0352. The maximum atomic E-state index is 12.2. The number of amides is 2. The molecule has 1 unspecified atom stereocenters. The zero-order valence-electron chi connectivity index (χ0n) is 11.9. The van der Waals surface area contributed by atoms with Gasteiger partial charge in [0.05, 0.1) is 6.54 Å². The van der Waals surface area contributed by atoms with Crippen LogP contribution in [0.25, 0.3) is 0 Å². The van der Waals surface area contributed by atoms with Crippen LogP contribution in [0.15, 0.2) is 22.8 Å². The molecule has 2 heterocycles. The summed E-state index contributed by atoms with van der Waals surface area (Å²) in [7, 11) is 0. The minimum Gasteiger partial charge on any atom is -0.472 e. The van der Waals surface area contributed by atoms with E-state index in [2.05, 4.69) is 26.2 Å². The molecule has 0 aromatic carbocycles. The summed E-state index contributed by atoms with van der Waals surface area (Å²) in [6, 6.07) is 4.16. The highest BCUT2D eigenvalue weighted by Crippen LogP contribution is 2.20. The monoisotopic (exact) mass is 353 g/mol. The Morgan fingerprint density at radius 1 is 1.33 bits per heavy atom. The van der Waals surface area contributed by atoms with Crippen LogP contribution in [0.1, 0.15) is 32.1 Å². The number of hydrogen-bond donors (Lipinski definition) is 1. The van der Waals surface area contributed by atoms with E-state index in [0.29, 0.717) is 18.5 Å². The van der Waals surface area contributed by atoms with Gasteiger partial charge in [0.25, 0.3) is 0 Å². The van der Waals surface area contributed by atoms with Crippen LogP contribution in [0, 0.1) is 0 Å². The van der Waals surface area contributed by atoms with E-state index in [-0.39, 0.29) is 12.1 Å². The van der Waals surface area contributed by atoms with Crippen molar-refractivity contribution in [1.29, 1.82) is 0 Å². The fourth-order valence-corrected chi connectivity index (χ4v) is 3.18. The maximum absolute atomic E-state index is 12.2. The molecule has 1 aromatic rings. The smallest absolute Gasteiger partial charge is 0.317 e. The van der Waals surface area contributed by atoms with E-state index < -0.39 is 0 Å². The van der Waals surface area contributed by atoms with Crippen molar-refractivity contribution in [1.82, 2.24) is 15.2 Å². The van der Waals surface area contributed by atoms with Gasteiger partial charge in [-0.25, -0.2) is 9.78 Å². The van der Waals surface area contributed by atoms with E-state index in [1.54, 1.807) is 6.20 Å². The SMILES string of the molecule is O=C(NC1CCCC1)N1CCC(Oc2ccc(Br)cn2)C1. The van der Waals surface area contributed by atoms with Crippen molar-refractivity contribution in [2.75, 3.05) is 13.1 Å². The highest BCUT2D eigenvalue weighted by Gasteiger charge is 2.29. The first kappa shape index (κ1) is 14.6. The van der Waals surface area contributed by atoms with E-state index in [1.165, 1.54) is 12.8 Å². The molecule has 1 atom stereocenters. The number of pyridine rings is 1. The summed E-state index contributed by atoms with van der Waals surface area (Å²) in [5.74, 6) is 0.612. The van der Waals surface area contributed by atoms with Gasteiger partial charge in [-0.3, -0.25) is 0 Å². The number of carbonyl (C=O) groups is 1. The number of nitrogens with one attached hydrogen (secondary N) is 1. The maximum Gasteiger partial charge on any atom is 0.317 e. The lowest BCUT2D eigenvalue weighted by atomic mass is 10.2. The van der Waals surface area contributed by atoms with E-state index in [1.807, 2.05) is 17.0 Å². The summed E-state index contributed by atoms with van der Waals surface area (Å²) < 4.78 is 6.76. The van der Waals surface area contributed by atoms with Crippen molar-refractivity contribution in [3.05, 3.63) is 22.8 Å². The standard InChI is InChI=1S/C15H20BrN3O2/c16-11-5-6-14(17-9-11)21-13-7-8-19(10-13)15(20)18-12-3-1-2-4-12/h5-6,9,12-13H,1-4,7-8,10H2,(H,18,20). The van der Waals surface area contributed by atoms with Gasteiger partial charge in [-0.2, -0.15) is 0 Å². The molecule has 0 radical (unpaired) electrons. The van der Waals surface area contributed by atoms with Crippen molar-refractivity contribution < 1.29 is 9.53 Å². The van der Waals surface area contributed by atoms with Gasteiger partial charge in [0, 0.05) is 35.7 Å². The molecule has 5 nitrogen and oxygen atoms in total. The zero-order chi connectivity index (χ0) is 14.7. The molecule has 114 valence electrons. The Labute approximate surface area is 133 Å². The van der Waals surface area contributed by atoms with Crippen LogP contribution >= 0.6 is 15.9 Å². The number of likely N-dealkylation sites (tertiary alicyclic amines) is 1. The molecule has 1 aliphatic heterocycles. The summed E-state index contributed by atoms with van der Waals surface area (Å²) in [5, 5.41) is 3.12. The lowest BCUT2D eigenvalue weighted by Crippen LogP contribution is -2.43. The van der Waals surface area contributed by atoms with Crippen LogP contribution in [0.3, 0.4) is 0 Å². The van der Waals surface area contributed by atoms with Crippen LogP contribution in [0.5, 0.6) is 5.88 Å². The number of aromatic nitrogens is 1. The quantitative estimate of drug-likeness (QED) is 0.908. The molecule has 1 saturated carbocycles. The molecular formula is C15H20BrN3O2. The van der Waals surface area contributed by atoms with Gasteiger partial charge >= 0.3 is 6.03 Å². The molecule has 21 heavy (non-hydrogen) atoms. The normalized spacial score (nSPS) is 22.5. The Morgan fingerprint density at radius 2 is 2.14 bits per heavy atom. The molecule has 1 aliphatic carbocycles. The van der Waals surface area contributed by atoms with Crippen LogP contribution in [0.4, 0.5) is 4.79 Å². The number of nitrogens with zero attached hydrogens (tertiary/aromatic N) is 2. The fraction of sp³-hybridized carbons (Fsp3) is 0.600. The van der Waals surface area contributed by atoms with Gasteiger partial charge in [0.15, 0.2) is 0 Å². The lowest BCUT2D eigenvalue weighted by Gasteiger charge is -2.20. The van der Waals surface area contributed by atoms with Crippen molar-refractivity contribution in [3.63, 3.8) is 0 Å². The topological polar surface area (TPSA) is 54.5 Å². The molecule has 1 aromatic heterocycles. The van der Waals surface area contributed by atoms with Gasteiger partial charge in [0.1, 0.15) is 6.10 Å². The summed E-state index contributed by atoms with van der Waals surface area (Å²) in [6.07, 6.45) is 7.29. The van der Waals surface area contributed by atoms with Crippen LogP contribution in [-0.2, 0) is 0 Å². The highest BCUT2D eigenvalue weighted by atomic mass is 79.9. The first-order valence-electron chi connectivity index (χ1n) is 7.54. The predicted molar refractivity (Wildman–Crippen MR) is 83.3 cm³/mol.